The van der Waals surface area contributed by atoms with Crippen LogP contribution in [0, 0.1) is 0 Å². The summed E-state index contributed by atoms with van der Waals surface area (Å²) in [5.74, 6) is 0. The summed E-state index contributed by atoms with van der Waals surface area (Å²) in [6, 6.07) is 1.29. The fourth-order valence-electron chi connectivity index (χ4n) is 1.61. The van der Waals surface area contributed by atoms with Gasteiger partial charge in [-0.25, -0.2) is 8.42 Å². The molecule has 1 aromatic rings. The molecule has 1 atom stereocenters. The van der Waals surface area contributed by atoms with E-state index >= 15 is 0 Å². The molecule has 1 aliphatic rings. The average Bonchev–Trinajstić information content (AvgIpc) is 2.73. The molecule has 1 fully saturated rings. The summed E-state index contributed by atoms with van der Waals surface area (Å²) in [7, 11) is -3.53. The van der Waals surface area contributed by atoms with E-state index < -0.39 is 10.0 Å². The summed E-state index contributed by atoms with van der Waals surface area (Å²) in [4.78, 5) is 0.0817. The Hall–Kier alpha value is 0.440. The van der Waals surface area contributed by atoms with Crippen molar-refractivity contribution in [2.45, 2.75) is 17.4 Å². The van der Waals surface area contributed by atoms with Gasteiger partial charge < -0.3 is 5.73 Å². The topological polar surface area (TPSA) is 63.4 Å². The third kappa shape index (κ3) is 3.07. The van der Waals surface area contributed by atoms with Crippen molar-refractivity contribution in [3.05, 3.63) is 14.7 Å². The fraction of sp³-hybridized carbons (Fsp3) is 0.500. The molecule has 0 radical (unpaired) electrons. The predicted molar refractivity (Wildman–Crippen MR) is 72.9 cm³/mol. The zero-order valence-electron chi connectivity index (χ0n) is 8.60. The highest BCUT2D eigenvalue weighted by atomic mass is 35.5. The zero-order valence-corrected chi connectivity index (χ0v) is 12.6. The van der Waals surface area contributed by atoms with Crippen LogP contribution < -0.4 is 5.73 Å². The van der Waals surface area contributed by atoms with E-state index in [0.29, 0.717) is 23.8 Å². The van der Waals surface area contributed by atoms with Gasteiger partial charge in [0.25, 0.3) is 0 Å². The van der Waals surface area contributed by atoms with Crippen LogP contribution in [-0.4, -0.2) is 31.9 Å². The van der Waals surface area contributed by atoms with Crippen LogP contribution in [0.25, 0.3) is 0 Å². The second-order valence-electron chi connectivity index (χ2n) is 3.60. The van der Waals surface area contributed by atoms with Crippen molar-refractivity contribution in [2.24, 2.45) is 5.73 Å². The fourth-order valence-corrected chi connectivity index (χ4v) is 5.24. The summed E-state index contributed by atoms with van der Waals surface area (Å²) >= 11 is 12.6. The average molecular weight is 338 g/mol. The SMILES string of the molecule is Cl.N[C@H]1CCN(S(=O)(=O)c2cc(Cl)sc2Cl)C1. The van der Waals surface area contributed by atoms with Gasteiger partial charge in [0.2, 0.25) is 10.0 Å². The summed E-state index contributed by atoms with van der Waals surface area (Å²) in [6.07, 6.45) is 0.675. The van der Waals surface area contributed by atoms with E-state index in [0.717, 1.165) is 11.3 Å². The Morgan fingerprint density at radius 3 is 2.53 bits per heavy atom. The molecular weight excluding hydrogens is 327 g/mol. The maximum Gasteiger partial charge on any atom is 0.245 e. The number of hydrogen-bond donors (Lipinski definition) is 1. The van der Waals surface area contributed by atoms with Gasteiger partial charge in [-0.3, -0.25) is 0 Å². The molecule has 0 aromatic carbocycles. The zero-order chi connectivity index (χ0) is 11.9. The molecule has 2 rings (SSSR count). The molecule has 0 aliphatic carbocycles. The lowest BCUT2D eigenvalue weighted by atomic mass is 10.3. The number of thiophene rings is 1. The lowest BCUT2D eigenvalue weighted by Crippen LogP contribution is -2.31. The molecule has 2 heterocycles. The molecule has 0 bridgehead atoms. The Labute approximate surface area is 120 Å². The maximum atomic E-state index is 12.1. The summed E-state index contributed by atoms with van der Waals surface area (Å²) in [6.45, 7) is 0.777. The minimum atomic E-state index is -3.53. The second kappa shape index (κ2) is 5.61. The second-order valence-corrected chi connectivity index (χ2v) is 7.79. The van der Waals surface area contributed by atoms with E-state index in [4.69, 9.17) is 28.9 Å². The molecule has 0 unspecified atom stereocenters. The van der Waals surface area contributed by atoms with Crippen molar-refractivity contribution in [3.8, 4) is 0 Å². The summed E-state index contributed by atoms with van der Waals surface area (Å²) < 4.78 is 26.2. The van der Waals surface area contributed by atoms with Gasteiger partial charge in [0.1, 0.15) is 9.23 Å². The van der Waals surface area contributed by atoms with Crippen LogP contribution in [0.2, 0.25) is 8.67 Å². The van der Waals surface area contributed by atoms with Crippen molar-refractivity contribution in [2.75, 3.05) is 13.1 Å². The molecule has 17 heavy (non-hydrogen) atoms. The molecule has 1 aliphatic heterocycles. The smallest absolute Gasteiger partial charge is 0.245 e. The number of rotatable bonds is 2. The first kappa shape index (κ1) is 15.5. The van der Waals surface area contributed by atoms with Crippen LogP contribution in [0.3, 0.4) is 0 Å². The third-order valence-corrected chi connectivity index (χ3v) is 6.05. The van der Waals surface area contributed by atoms with Crippen LogP contribution in [0.1, 0.15) is 6.42 Å². The monoisotopic (exact) mass is 336 g/mol. The minimum Gasteiger partial charge on any atom is -0.326 e. The van der Waals surface area contributed by atoms with Crippen molar-refractivity contribution in [1.82, 2.24) is 4.31 Å². The molecule has 9 heteroatoms. The molecule has 0 saturated carbocycles. The summed E-state index contributed by atoms with van der Waals surface area (Å²) in [5.41, 5.74) is 5.68. The van der Waals surface area contributed by atoms with E-state index in [2.05, 4.69) is 0 Å². The first-order valence-electron chi connectivity index (χ1n) is 4.62. The van der Waals surface area contributed by atoms with Gasteiger partial charge in [0.05, 0.1) is 4.34 Å². The van der Waals surface area contributed by atoms with E-state index in [1.54, 1.807) is 0 Å². The molecule has 0 spiro atoms. The standard InChI is InChI=1S/C8H10Cl2N2O2S2.ClH/c9-7-3-6(8(10)15-7)16(13,14)12-2-1-5(11)4-12;/h3,5H,1-2,4,11H2;1H/t5-;/m0./s1. The number of nitrogens with zero attached hydrogens (tertiary/aromatic N) is 1. The highest BCUT2D eigenvalue weighted by molar-refractivity contribution is 7.89. The number of sulfonamides is 1. The van der Waals surface area contributed by atoms with Crippen molar-refractivity contribution in [3.63, 3.8) is 0 Å². The molecule has 0 amide bonds. The van der Waals surface area contributed by atoms with Gasteiger partial charge >= 0.3 is 0 Å². The Morgan fingerprint density at radius 1 is 1.47 bits per heavy atom. The van der Waals surface area contributed by atoms with Gasteiger partial charge in [-0.1, -0.05) is 23.2 Å². The molecule has 98 valence electrons. The quantitative estimate of drug-likeness (QED) is 0.900. The van der Waals surface area contributed by atoms with Gasteiger partial charge in [0, 0.05) is 19.1 Å². The Kier molecular flexibility index (Phi) is 5.11. The molecule has 2 N–H and O–H groups in total. The highest BCUT2D eigenvalue weighted by Gasteiger charge is 2.33. The first-order chi connectivity index (χ1) is 7.41. The van der Waals surface area contributed by atoms with Gasteiger partial charge in [-0.05, 0) is 12.5 Å². The molecule has 1 aromatic heterocycles. The van der Waals surface area contributed by atoms with E-state index in [-0.39, 0.29) is 27.7 Å². The van der Waals surface area contributed by atoms with E-state index in [9.17, 15) is 8.42 Å². The molecular formula is C8H11Cl3N2O2S2. The van der Waals surface area contributed by atoms with Crippen LogP contribution in [-0.2, 0) is 10.0 Å². The largest absolute Gasteiger partial charge is 0.326 e. The lowest BCUT2D eigenvalue weighted by Gasteiger charge is -2.14. The number of nitrogens with two attached hydrogens (primary N) is 1. The first-order valence-corrected chi connectivity index (χ1v) is 7.63. The number of halogens is 3. The van der Waals surface area contributed by atoms with E-state index in [1.807, 2.05) is 0 Å². The van der Waals surface area contributed by atoms with Crippen molar-refractivity contribution >= 4 is 57.0 Å². The minimum absolute atomic E-state index is 0. The van der Waals surface area contributed by atoms with Gasteiger partial charge in [0.15, 0.2) is 0 Å². The Bertz CT molecular complexity index is 503. The lowest BCUT2D eigenvalue weighted by molar-refractivity contribution is 0.473. The Balaban J connectivity index is 0.00000144. The molecule has 4 nitrogen and oxygen atoms in total. The Morgan fingerprint density at radius 2 is 2.12 bits per heavy atom. The van der Waals surface area contributed by atoms with Crippen LogP contribution in [0.4, 0.5) is 0 Å². The van der Waals surface area contributed by atoms with Crippen LogP contribution in [0.5, 0.6) is 0 Å². The van der Waals surface area contributed by atoms with Gasteiger partial charge in [-0.2, -0.15) is 4.31 Å². The molecule has 1 saturated heterocycles. The van der Waals surface area contributed by atoms with Gasteiger partial charge in [-0.15, -0.1) is 23.7 Å². The van der Waals surface area contributed by atoms with Crippen molar-refractivity contribution < 1.29 is 8.42 Å². The number of hydrogen-bond acceptors (Lipinski definition) is 4. The summed E-state index contributed by atoms with van der Waals surface area (Å²) in [5, 5.41) is 0. The third-order valence-electron chi connectivity index (χ3n) is 2.43. The van der Waals surface area contributed by atoms with Crippen LogP contribution >= 0.6 is 46.9 Å². The normalized spacial score (nSPS) is 21.5. The van der Waals surface area contributed by atoms with Crippen molar-refractivity contribution in [1.29, 1.82) is 0 Å². The van der Waals surface area contributed by atoms with E-state index in [1.165, 1.54) is 10.4 Å². The maximum absolute atomic E-state index is 12.1. The van der Waals surface area contributed by atoms with Crippen LogP contribution in [0.15, 0.2) is 11.0 Å². The highest BCUT2D eigenvalue weighted by Crippen LogP contribution is 2.36. The predicted octanol–water partition coefficient (Wildman–Crippen LogP) is 2.20.